The molecule has 3 fully saturated rings. The molecule has 0 unspecified atom stereocenters. The maximum Gasteiger partial charge on any atom is 0.419 e. The van der Waals surface area contributed by atoms with Gasteiger partial charge in [0.2, 0.25) is 0 Å². The highest BCUT2D eigenvalue weighted by atomic mass is 35.5. The van der Waals surface area contributed by atoms with Crippen molar-refractivity contribution in [1.29, 1.82) is 0 Å². The summed E-state index contributed by atoms with van der Waals surface area (Å²) in [6, 6.07) is 5.79. The van der Waals surface area contributed by atoms with Gasteiger partial charge in [-0.2, -0.15) is 13.2 Å². The molecule has 2 amide bonds. The van der Waals surface area contributed by atoms with Crippen molar-refractivity contribution in [3.8, 4) is 11.5 Å². The van der Waals surface area contributed by atoms with Gasteiger partial charge in [0.05, 0.1) is 22.2 Å². The van der Waals surface area contributed by atoms with Crippen molar-refractivity contribution >= 4 is 23.4 Å². The number of aliphatic hydroxyl groups is 1. The Balaban J connectivity index is 1.28. The molecule has 0 aliphatic heterocycles. The third kappa shape index (κ3) is 6.12. The molecule has 1 atom stereocenters. The van der Waals surface area contributed by atoms with E-state index in [0.717, 1.165) is 12.1 Å². The number of halogens is 6. The molecular formula is C25H24ClF5N2O5. The highest BCUT2D eigenvalue weighted by Gasteiger charge is 2.55. The molecule has 0 spiro atoms. The summed E-state index contributed by atoms with van der Waals surface area (Å²) in [6.07, 6.45) is -4.08. The van der Waals surface area contributed by atoms with E-state index in [-0.39, 0.29) is 29.5 Å². The first-order valence-corrected chi connectivity index (χ1v) is 12.1. The molecule has 3 saturated carbocycles. The number of hydrogen-bond donors (Lipinski definition) is 3. The van der Waals surface area contributed by atoms with E-state index in [2.05, 4.69) is 10.6 Å². The molecule has 0 heterocycles. The molecule has 3 N–H and O–H groups in total. The number of nitrogens with one attached hydrogen (secondary N) is 2. The molecule has 0 saturated heterocycles. The Morgan fingerprint density at radius 1 is 0.921 bits per heavy atom. The molecule has 13 heteroatoms. The standard InChI is InChI=1S/C25H24ClF5N2O5/c26-17-4-2-15(10-19(17)28)37-12-21(35)32-23-5-7-24(8-6-23,20(34)11-23)33-22(36)13-38-14-1-3-16(18(27)9-14)25(29,30)31/h1-4,9-10,20,34H,5-8,11-13H2,(H,32,35)(H,33,36)/t20-,23?,24?/m1/s1. The van der Waals surface area contributed by atoms with Gasteiger partial charge in [0.15, 0.2) is 13.2 Å². The highest BCUT2D eigenvalue weighted by molar-refractivity contribution is 6.30. The lowest BCUT2D eigenvalue weighted by Gasteiger charge is -2.56. The first-order valence-electron chi connectivity index (χ1n) is 11.7. The van der Waals surface area contributed by atoms with Crippen LogP contribution in [0.25, 0.3) is 0 Å². The van der Waals surface area contributed by atoms with Gasteiger partial charge in [0.1, 0.15) is 23.1 Å². The van der Waals surface area contributed by atoms with Crippen molar-refractivity contribution in [1.82, 2.24) is 10.6 Å². The molecule has 0 aromatic heterocycles. The molecule has 2 aromatic rings. The maximum absolute atomic E-state index is 13.7. The second-order valence-electron chi connectivity index (χ2n) is 9.55. The molecule has 38 heavy (non-hydrogen) atoms. The molecule has 3 aliphatic carbocycles. The summed E-state index contributed by atoms with van der Waals surface area (Å²) in [4.78, 5) is 25.0. The molecule has 0 radical (unpaired) electrons. The van der Waals surface area contributed by atoms with E-state index in [9.17, 15) is 36.6 Å². The van der Waals surface area contributed by atoms with Crippen molar-refractivity contribution in [2.24, 2.45) is 0 Å². The van der Waals surface area contributed by atoms with Gasteiger partial charge in [-0.3, -0.25) is 9.59 Å². The zero-order valence-electron chi connectivity index (χ0n) is 19.8. The Labute approximate surface area is 219 Å². The van der Waals surface area contributed by atoms with Crippen LogP contribution in [0.2, 0.25) is 5.02 Å². The van der Waals surface area contributed by atoms with Crippen molar-refractivity contribution in [3.05, 3.63) is 58.6 Å². The van der Waals surface area contributed by atoms with Crippen LogP contribution in [0.15, 0.2) is 36.4 Å². The quantitative estimate of drug-likeness (QED) is 0.420. The van der Waals surface area contributed by atoms with E-state index in [1.54, 1.807) is 0 Å². The summed E-state index contributed by atoms with van der Waals surface area (Å²) in [7, 11) is 0. The van der Waals surface area contributed by atoms with Crippen molar-refractivity contribution in [2.45, 2.75) is 55.5 Å². The molecular weight excluding hydrogens is 539 g/mol. The smallest absolute Gasteiger partial charge is 0.419 e. The van der Waals surface area contributed by atoms with Gasteiger partial charge in [-0.1, -0.05) is 11.6 Å². The lowest BCUT2D eigenvalue weighted by molar-refractivity contribution is -0.140. The van der Waals surface area contributed by atoms with E-state index < -0.39 is 59.0 Å². The van der Waals surface area contributed by atoms with Crippen LogP contribution in [0.5, 0.6) is 11.5 Å². The minimum absolute atomic E-state index is 0.0743. The van der Waals surface area contributed by atoms with E-state index in [4.69, 9.17) is 21.1 Å². The van der Waals surface area contributed by atoms with Gasteiger partial charge < -0.3 is 25.2 Å². The van der Waals surface area contributed by atoms with E-state index in [1.807, 2.05) is 0 Å². The van der Waals surface area contributed by atoms with Gasteiger partial charge >= 0.3 is 6.18 Å². The molecule has 5 rings (SSSR count). The number of alkyl halides is 3. The number of carbonyl (C=O) groups excluding carboxylic acids is 2. The van der Waals surface area contributed by atoms with Crippen LogP contribution in [-0.4, -0.2) is 47.3 Å². The average Bonchev–Trinajstić information content (AvgIpc) is 2.84. The fourth-order valence-corrected chi connectivity index (χ4v) is 5.10. The number of rotatable bonds is 8. The van der Waals surface area contributed by atoms with Gasteiger partial charge in [-0.15, -0.1) is 0 Å². The summed E-state index contributed by atoms with van der Waals surface area (Å²) in [5, 5.41) is 16.4. The number of carbonyl (C=O) groups is 2. The summed E-state index contributed by atoms with van der Waals surface area (Å²) in [5.74, 6) is -3.40. The van der Waals surface area contributed by atoms with Crippen LogP contribution in [-0.2, 0) is 15.8 Å². The van der Waals surface area contributed by atoms with Gasteiger partial charge in [-0.25, -0.2) is 8.78 Å². The zero-order valence-corrected chi connectivity index (χ0v) is 20.6. The largest absolute Gasteiger partial charge is 0.484 e. The lowest BCUT2D eigenvalue weighted by Crippen LogP contribution is -2.70. The fourth-order valence-electron chi connectivity index (χ4n) is 4.99. The SMILES string of the molecule is O=C(COc1ccc(Cl)c(F)c1)NC12CCC(NC(=O)COc3ccc(C(F)(F)F)c(F)c3)(CC1)[C@H](O)C2. The summed E-state index contributed by atoms with van der Waals surface area (Å²) in [6.45, 7) is -0.966. The number of fused-ring (bicyclic) bond motifs is 3. The minimum atomic E-state index is -4.85. The van der Waals surface area contributed by atoms with Crippen LogP contribution >= 0.6 is 11.6 Å². The molecule has 3 aliphatic rings. The normalized spacial score (nSPS) is 24.6. The van der Waals surface area contributed by atoms with Gasteiger partial charge in [0.25, 0.3) is 11.8 Å². The second kappa shape index (κ2) is 10.6. The number of ether oxygens (including phenoxy) is 2. The monoisotopic (exact) mass is 562 g/mol. The van der Waals surface area contributed by atoms with Crippen LogP contribution in [0.4, 0.5) is 22.0 Å². The second-order valence-corrected chi connectivity index (χ2v) is 9.95. The van der Waals surface area contributed by atoms with E-state index in [1.165, 1.54) is 12.1 Å². The third-order valence-corrected chi connectivity index (χ3v) is 7.30. The Bertz CT molecular complexity index is 1220. The minimum Gasteiger partial charge on any atom is -0.484 e. The predicted octanol–water partition coefficient (Wildman–Crippen LogP) is 4.14. The predicted molar refractivity (Wildman–Crippen MR) is 125 cm³/mol. The first-order chi connectivity index (χ1) is 17.8. The van der Waals surface area contributed by atoms with Crippen molar-refractivity contribution < 1.29 is 46.1 Å². The number of benzene rings is 2. The Kier molecular flexibility index (Phi) is 7.76. The molecule has 2 bridgehead atoms. The first kappa shape index (κ1) is 27.9. The highest BCUT2D eigenvalue weighted by Crippen LogP contribution is 2.47. The van der Waals surface area contributed by atoms with Crippen molar-refractivity contribution in [2.75, 3.05) is 13.2 Å². The Morgan fingerprint density at radius 2 is 1.47 bits per heavy atom. The van der Waals surface area contributed by atoms with Crippen LogP contribution in [0.1, 0.15) is 37.7 Å². The fraction of sp³-hybridized carbons (Fsp3) is 0.440. The average molecular weight is 563 g/mol. The Hall–Kier alpha value is -3.12. The zero-order chi connectivity index (χ0) is 27.7. The maximum atomic E-state index is 13.7. The van der Waals surface area contributed by atoms with Gasteiger partial charge in [-0.05, 0) is 56.4 Å². The van der Waals surface area contributed by atoms with Crippen molar-refractivity contribution in [3.63, 3.8) is 0 Å². The van der Waals surface area contributed by atoms with Gasteiger partial charge in [0, 0.05) is 17.7 Å². The van der Waals surface area contributed by atoms with Crippen LogP contribution in [0, 0.1) is 11.6 Å². The number of hydrogen-bond acceptors (Lipinski definition) is 5. The van der Waals surface area contributed by atoms with E-state index >= 15 is 0 Å². The lowest BCUT2D eigenvalue weighted by atomic mass is 9.60. The summed E-state index contributed by atoms with van der Waals surface area (Å²) >= 11 is 5.63. The number of aliphatic hydroxyl groups excluding tert-OH is 1. The topological polar surface area (TPSA) is 96.9 Å². The number of amides is 2. The summed E-state index contributed by atoms with van der Waals surface area (Å²) in [5.41, 5.74) is -3.11. The third-order valence-electron chi connectivity index (χ3n) is 6.99. The Morgan fingerprint density at radius 3 is 2.00 bits per heavy atom. The molecule has 206 valence electrons. The van der Waals surface area contributed by atoms with Crippen LogP contribution in [0.3, 0.4) is 0 Å². The molecule has 7 nitrogen and oxygen atoms in total. The summed E-state index contributed by atoms with van der Waals surface area (Å²) < 4.78 is 75.8. The van der Waals surface area contributed by atoms with Crippen LogP contribution < -0.4 is 20.1 Å². The van der Waals surface area contributed by atoms with E-state index in [0.29, 0.717) is 37.8 Å². The molecule has 2 aromatic carbocycles.